The zero-order chi connectivity index (χ0) is 20.0. The maximum absolute atomic E-state index is 11.1. The molecule has 0 spiro atoms. The molecule has 146 valence electrons. The van der Waals surface area contributed by atoms with Gasteiger partial charge in [0.1, 0.15) is 17.2 Å². The molecule has 0 amide bonds. The van der Waals surface area contributed by atoms with Gasteiger partial charge in [0.25, 0.3) is 0 Å². The van der Waals surface area contributed by atoms with Crippen LogP contribution in [0.15, 0.2) is 60.9 Å². The summed E-state index contributed by atoms with van der Waals surface area (Å²) < 4.78 is 2.04. The quantitative estimate of drug-likeness (QED) is 0.561. The SMILES string of the molecule is Cn1c(-c2cc(N3CCC(O)(c4ccccn4)C3)ncc2Cl)nc2ccccc21. The van der Waals surface area contributed by atoms with Gasteiger partial charge in [-0.3, -0.25) is 4.98 Å². The first-order valence-electron chi connectivity index (χ1n) is 9.51. The van der Waals surface area contributed by atoms with Crippen molar-refractivity contribution in [3.8, 4) is 11.4 Å². The number of aromatic nitrogens is 4. The first-order chi connectivity index (χ1) is 14.0. The molecule has 29 heavy (non-hydrogen) atoms. The normalized spacial score (nSPS) is 19.2. The lowest BCUT2D eigenvalue weighted by molar-refractivity contribution is 0.0560. The topological polar surface area (TPSA) is 67.1 Å². The molecule has 1 unspecified atom stereocenters. The summed E-state index contributed by atoms with van der Waals surface area (Å²) in [5, 5.41) is 11.6. The third-order valence-electron chi connectivity index (χ3n) is 5.58. The average molecular weight is 406 g/mol. The van der Waals surface area contributed by atoms with Crippen molar-refractivity contribution in [1.82, 2.24) is 19.5 Å². The molecule has 0 saturated carbocycles. The molecule has 4 heterocycles. The van der Waals surface area contributed by atoms with E-state index >= 15 is 0 Å². The number of nitrogens with zero attached hydrogens (tertiary/aromatic N) is 5. The third kappa shape index (κ3) is 3.05. The molecule has 5 rings (SSSR count). The second kappa shape index (κ2) is 6.83. The highest BCUT2D eigenvalue weighted by Crippen LogP contribution is 2.36. The number of aryl methyl sites for hydroxylation is 1. The molecule has 1 atom stereocenters. The van der Waals surface area contributed by atoms with Crippen LogP contribution in [0.2, 0.25) is 5.02 Å². The predicted octanol–water partition coefficient (Wildman–Crippen LogP) is 3.78. The number of hydrogen-bond donors (Lipinski definition) is 1. The first kappa shape index (κ1) is 18.1. The van der Waals surface area contributed by atoms with E-state index in [0.717, 1.165) is 28.2 Å². The van der Waals surface area contributed by atoms with Crippen LogP contribution in [0.3, 0.4) is 0 Å². The number of hydrogen-bond acceptors (Lipinski definition) is 5. The molecule has 1 aromatic carbocycles. The van der Waals surface area contributed by atoms with Gasteiger partial charge in [0.15, 0.2) is 0 Å². The molecule has 0 bridgehead atoms. The number of fused-ring (bicyclic) bond motifs is 1. The minimum Gasteiger partial charge on any atom is -0.382 e. The highest BCUT2D eigenvalue weighted by molar-refractivity contribution is 6.33. The lowest BCUT2D eigenvalue weighted by Gasteiger charge is -2.23. The van der Waals surface area contributed by atoms with Crippen LogP contribution in [0.4, 0.5) is 5.82 Å². The Labute approximate surface area is 173 Å². The van der Waals surface area contributed by atoms with Gasteiger partial charge < -0.3 is 14.6 Å². The van der Waals surface area contributed by atoms with Crippen LogP contribution in [-0.2, 0) is 12.6 Å². The highest BCUT2D eigenvalue weighted by Gasteiger charge is 2.39. The second-order valence-corrected chi connectivity index (χ2v) is 7.83. The molecule has 1 N–H and O–H groups in total. The van der Waals surface area contributed by atoms with Crippen LogP contribution >= 0.6 is 11.6 Å². The standard InChI is InChI=1S/C22H20ClN5O/c1-27-18-7-3-2-6-17(18)26-21(27)15-12-20(25-13-16(15)23)28-11-9-22(29,14-28)19-8-4-5-10-24-19/h2-8,10,12-13,29H,9,11,14H2,1H3. The fourth-order valence-electron chi connectivity index (χ4n) is 3.99. The van der Waals surface area contributed by atoms with Gasteiger partial charge in [0.2, 0.25) is 0 Å². The van der Waals surface area contributed by atoms with E-state index in [9.17, 15) is 5.11 Å². The average Bonchev–Trinajstić information content (AvgIpc) is 3.31. The van der Waals surface area contributed by atoms with Crippen molar-refractivity contribution in [3.05, 3.63) is 71.6 Å². The van der Waals surface area contributed by atoms with Crippen LogP contribution in [0.1, 0.15) is 12.1 Å². The number of rotatable bonds is 3. The smallest absolute Gasteiger partial charge is 0.142 e. The number of pyridine rings is 2. The minimum absolute atomic E-state index is 0.431. The van der Waals surface area contributed by atoms with E-state index in [1.165, 1.54) is 0 Å². The summed E-state index contributed by atoms with van der Waals surface area (Å²) in [6, 6.07) is 15.6. The van der Waals surface area contributed by atoms with Gasteiger partial charge in [-0.25, -0.2) is 9.97 Å². The minimum atomic E-state index is -0.985. The van der Waals surface area contributed by atoms with Gasteiger partial charge in [0, 0.05) is 38.0 Å². The number of aliphatic hydroxyl groups is 1. The van der Waals surface area contributed by atoms with Gasteiger partial charge in [-0.2, -0.15) is 0 Å². The molecule has 1 fully saturated rings. The van der Waals surface area contributed by atoms with Gasteiger partial charge in [-0.15, -0.1) is 0 Å². The Morgan fingerprint density at radius 1 is 1.10 bits per heavy atom. The van der Waals surface area contributed by atoms with Crippen LogP contribution in [-0.4, -0.2) is 37.7 Å². The second-order valence-electron chi connectivity index (χ2n) is 7.42. The predicted molar refractivity (Wildman–Crippen MR) is 114 cm³/mol. The van der Waals surface area contributed by atoms with Crippen LogP contribution in [0.25, 0.3) is 22.4 Å². The number of halogens is 1. The Hall–Kier alpha value is -2.96. The molecular weight excluding hydrogens is 386 g/mol. The van der Waals surface area contributed by atoms with Gasteiger partial charge >= 0.3 is 0 Å². The summed E-state index contributed by atoms with van der Waals surface area (Å²) >= 11 is 6.50. The summed E-state index contributed by atoms with van der Waals surface area (Å²) in [5.41, 5.74) is 2.49. The van der Waals surface area contributed by atoms with Crippen molar-refractivity contribution >= 4 is 28.5 Å². The first-order valence-corrected chi connectivity index (χ1v) is 9.89. The maximum Gasteiger partial charge on any atom is 0.142 e. The maximum atomic E-state index is 11.1. The van der Waals surface area contributed by atoms with E-state index < -0.39 is 5.60 Å². The largest absolute Gasteiger partial charge is 0.382 e. The Morgan fingerprint density at radius 2 is 1.93 bits per heavy atom. The van der Waals surface area contributed by atoms with Crippen molar-refractivity contribution in [2.75, 3.05) is 18.0 Å². The van der Waals surface area contributed by atoms with E-state index in [-0.39, 0.29) is 0 Å². The van der Waals surface area contributed by atoms with Crippen molar-refractivity contribution in [1.29, 1.82) is 0 Å². The molecule has 0 aliphatic carbocycles. The number of imidazole rings is 1. The van der Waals surface area contributed by atoms with Crippen molar-refractivity contribution in [3.63, 3.8) is 0 Å². The van der Waals surface area contributed by atoms with Gasteiger partial charge in [-0.1, -0.05) is 29.8 Å². The Kier molecular flexibility index (Phi) is 4.26. The Morgan fingerprint density at radius 3 is 2.72 bits per heavy atom. The van der Waals surface area contributed by atoms with Crippen molar-refractivity contribution in [2.45, 2.75) is 12.0 Å². The number of para-hydroxylation sites is 2. The monoisotopic (exact) mass is 405 g/mol. The van der Waals surface area contributed by atoms with Crippen molar-refractivity contribution < 1.29 is 5.11 Å². The highest BCUT2D eigenvalue weighted by atomic mass is 35.5. The van der Waals surface area contributed by atoms with Gasteiger partial charge in [0.05, 0.1) is 28.3 Å². The van der Waals surface area contributed by atoms with Gasteiger partial charge in [-0.05, 0) is 30.3 Å². The zero-order valence-corrected chi connectivity index (χ0v) is 16.7. The molecule has 1 aliphatic heterocycles. The van der Waals surface area contributed by atoms with Crippen LogP contribution in [0.5, 0.6) is 0 Å². The fraction of sp³-hybridized carbons (Fsp3) is 0.227. The lowest BCUT2D eigenvalue weighted by Crippen LogP contribution is -2.31. The molecule has 1 saturated heterocycles. The van der Waals surface area contributed by atoms with Crippen LogP contribution < -0.4 is 4.90 Å². The summed E-state index contributed by atoms with van der Waals surface area (Å²) in [6.45, 7) is 1.12. The number of benzene rings is 1. The molecule has 0 radical (unpaired) electrons. The summed E-state index contributed by atoms with van der Waals surface area (Å²) in [7, 11) is 1.98. The van der Waals surface area contributed by atoms with E-state index in [1.807, 2.05) is 60.1 Å². The summed E-state index contributed by atoms with van der Waals surface area (Å²) in [6.07, 6.45) is 3.96. The molecule has 1 aliphatic rings. The molecule has 4 aromatic rings. The molecule has 3 aromatic heterocycles. The zero-order valence-electron chi connectivity index (χ0n) is 16.0. The Balaban J connectivity index is 1.51. The molecular formula is C22H20ClN5O. The third-order valence-corrected chi connectivity index (χ3v) is 5.88. The lowest BCUT2D eigenvalue weighted by atomic mass is 9.98. The summed E-state index contributed by atoms with van der Waals surface area (Å²) in [5.74, 6) is 1.56. The summed E-state index contributed by atoms with van der Waals surface area (Å²) in [4.78, 5) is 15.7. The number of anilines is 1. The molecule has 7 heteroatoms. The van der Waals surface area contributed by atoms with E-state index in [0.29, 0.717) is 30.2 Å². The number of β-amino-alcohol motifs (C(OH)–C–C–N with tert-alkyl or cyclic N) is 1. The van der Waals surface area contributed by atoms with E-state index in [2.05, 4.69) is 14.9 Å². The Bertz CT molecular complexity index is 1190. The molecule has 6 nitrogen and oxygen atoms in total. The van der Waals surface area contributed by atoms with E-state index in [4.69, 9.17) is 16.6 Å². The van der Waals surface area contributed by atoms with E-state index in [1.54, 1.807) is 12.4 Å². The van der Waals surface area contributed by atoms with Crippen LogP contribution in [0, 0.1) is 0 Å². The van der Waals surface area contributed by atoms with Crippen molar-refractivity contribution in [2.24, 2.45) is 7.05 Å². The fourth-order valence-corrected chi connectivity index (χ4v) is 4.18.